The van der Waals surface area contributed by atoms with Gasteiger partial charge in [0.05, 0.1) is 15.9 Å². The Labute approximate surface area is 197 Å². The number of nitrogens with one attached hydrogen (secondary N) is 1. The van der Waals surface area contributed by atoms with E-state index in [-0.39, 0.29) is 22.1 Å². The molecule has 6 nitrogen and oxygen atoms in total. The monoisotopic (exact) mass is 495 g/mol. The number of sulfone groups is 1. The van der Waals surface area contributed by atoms with Crippen LogP contribution < -0.4 is 10.1 Å². The van der Waals surface area contributed by atoms with Gasteiger partial charge in [0, 0.05) is 18.0 Å². The molecule has 1 aliphatic carbocycles. The molecule has 4 rings (SSSR count). The van der Waals surface area contributed by atoms with Gasteiger partial charge in [-0.3, -0.25) is 0 Å². The normalized spacial score (nSPS) is 20.9. The number of nitrogens with zero attached hydrogens (tertiary/aromatic N) is 2. The number of fused-ring (bicyclic) bond motifs is 1. The van der Waals surface area contributed by atoms with Crippen LogP contribution in [0.4, 0.5) is 24.8 Å². The Morgan fingerprint density at radius 2 is 1.79 bits per heavy atom. The summed E-state index contributed by atoms with van der Waals surface area (Å²) in [6.07, 6.45) is -0.701. The Morgan fingerprint density at radius 1 is 1.12 bits per heavy atom. The lowest BCUT2D eigenvalue weighted by Crippen LogP contribution is -2.29. The van der Waals surface area contributed by atoms with E-state index in [1.807, 2.05) is 4.57 Å². The molecule has 1 aromatic heterocycles. The Bertz CT molecular complexity index is 1300. The van der Waals surface area contributed by atoms with Crippen LogP contribution in [0.5, 0.6) is 5.75 Å². The first-order valence-corrected chi connectivity index (χ1v) is 12.9. The minimum Gasteiger partial charge on any atom is -0.406 e. The minimum atomic E-state index is -4.76. The van der Waals surface area contributed by atoms with Gasteiger partial charge in [0.2, 0.25) is 5.95 Å². The summed E-state index contributed by atoms with van der Waals surface area (Å²) in [7, 11) is -3.41. The van der Waals surface area contributed by atoms with Crippen LogP contribution in [-0.4, -0.2) is 30.6 Å². The van der Waals surface area contributed by atoms with E-state index < -0.39 is 16.2 Å². The van der Waals surface area contributed by atoms with Crippen LogP contribution in [0.1, 0.15) is 46.1 Å². The number of aromatic nitrogens is 2. The Morgan fingerprint density at radius 3 is 2.38 bits per heavy atom. The van der Waals surface area contributed by atoms with Crippen molar-refractivity contribution < 1.29 is 26.3 Å². The Kier molecular flexibility index (Phi) is 6.08. The fourth-order valence-electron chi connectivity index (χ4n) is 5.12. The molecule has 0 saturated heterocycles. The maximum Gasteiger partial charge on any atom is 0.573 e. The summed E-state index contributed by atoms with van der Waals surface area (Å²) in [5.41, 5.74) is 1.99. The lowest BCUT2D eigenvalue weighted by Gasteiger charge is -2.40. The fraction of sp³-hybridized carbons (Fsp3) is 0.458. The molecule has 0 aliphatic heterocycles. The maximum atomic E-state index is 12.5. The molecule has 0 unspecified atom stereocenters. The number of hydrogen-bond donors (Lipinski definition) is 1. The van der Waals surface area contributed by atoms with Crippen LogP contribution in [0.15, 0.2) is 47.4 Å². The summed E-state index contributed by atoms with van der Waals surface area (Å²) in [6.45, 7) is 6.66. The zero-order valence-electron chi connectivity index (χ0n) is 19.5. The van der Waals surface area contributed by atoms with Crippen LogP contribution in [0, 0.1) is 11.3 Å². The Hall–Kier alpha value is -2.75. The van der Waals surface area contributed by atoms with Gasteiger partial charge in [-0.2, -0.15) is 0 Å². The Balaban J connectivity index is 1.77. The van der Waals surface area contributed by atoms with Crippen molar-refractivity contribution in [3.8, 4) is 5.75 Å². The predicted molar refractivity (Wildman–Crippen MR) is 125 cm³/mol. The highest BCUT2D eigenvalue weighted by Crippen LogP contribution is 2.46. The lowest BCUT2D eigenvalue weighted by atomic mass is 9.70. The van der Waals surface area contributed by atoms with E-state index in [1.165, 1.54) is 36.6 Å². The zero-order chi connectivity index (χ0) is 24.9. The van der Waals surface area contributed by atoms with Gasteiger partial charge in [0.15, 0.2) is 9.84 Å². The van der Waals surface area contributed by atoms with Gasteiger partial charge in [0.25, 0.3) is 0 Å². The molecular formula is C24H28F3N3O3S. The van der Waals surface area contributed by atoms with E-state index in [1.54, 1.807) is 12.1 Å². The minimum absolute atomic E-state index is 0.0777. The molecule has 0 amide bonds. The molecule has 0 radical (unpaired) electrons. The van der Waals surface area contributed by atoms with Crippen molar-refractivity contribution in [3.05, 3.63) is 42.5 Å². The van der Waals surface area contributed by atoms with Crippen LogP contribution in [0.3, 0.4) is 0 Å². The predicted octanol–water partition coefficient (Wildman–Crippen LogP) is 6.47. The van der Waals surface area contributed by atoms with E-state index in [4.69, 9.17) is 4.98 Å². The fourth-order valence-corrected chi connectivity index (χ4v) is 5.76. The zero-order valence-corrected chi connectivity index (χ0v) is 20.3. The number of benzene rings is 2. The first kappa shape index (κ1) is 24.4. The largest absolute Gasteiger partial charge is 0.573 e. The average molecular weight is 496 g/mol. The molecule has 34 heavy (non-hydrogen) atoms. The summed E-state index contributed by atoms with van der Waals surface area (Å²) in [4.78, 5) is 4.92. The summed E-state index contributed by atoms with van der Waals surface area (Å²) in [6, 6.07) is 10.4. The maximum absolute atomic E-state index is 12.5. The summed E-state index contributed by atoms with van der Waals surface area (Å²) < 4.78 is 67.9. The van der Waals surface area contributed by atoms with E-state index in [2.05, 4.69) is 30.8 Å². The smallest absolute Gasteiger partial charge is 0.406 e. The molecule has 0 bridgehead atoms. The van der Waals surface area contributed by atoms with Gasteiger partial charge in [-0.25, -0.2) is 13.4 Å². The molecule has 1 saturated carbocycles. The second kappa shape index (κ2) is 8.48. The molecule has 184 valence electrons. The average Bonchev–Trinajstić information content (AvgIpc) is 3.03. The van der Waals surface area contributed by atoms with Gasteiger partial charge in [-0.05, 0) is 73.1 Å². The molecule has 1 heterocycles. The lowest BCUT2D eigenvalue weighted by molar-refractivity contribution is -0.274. The van der Waals surface area contributed by atoms with Crippen LogP contribution >= 0.6 is 0 Å². The van der Waals surface area contributed by atoms with Gasteiger partial charge < -0.3 is 14.6 Å². The number of alkyl halides is 3. The number of hydrogen-bond acceptors (Lipinski definition) is 5. The molecule has 1 N–H and O–H groups in total. The third-order valence-corrected chi connectivity index (χ3v) is 7.27. The molecule has 1 aliphatic rings. The topological polar surface area (TPSA) is 73.2 Å². The van der Waals surface area contributed by atoms with E-state index in [9.17, 15) is 21.6 Å². The standard InChI is InChI=1S/C24H28F3N3O3S/c1-15-11-17(14-23(2,3)13-15)30-21-12-19(34(4,31)32)9-10-20(21)29-22(30)28-16-5-7-18(8-6-16)33-24(25,26)27/h5-10,12,15,17H,11,13-14H2,1-4H3,(H,28,29)/t15-,17+/m0/s1. The summed E-state index contributed by atoms with van der Waals surface area (Å²) in [5, 5.41) is 3.22. The van der Waals surface area contributed by atoms with Gasteiger partial charge in [-0.15, -0.1) is 13.2 Å². The molecule has 1 fully saturated rings. The third-order valence-electron chi connectivity index (χ3n) is 6.16. The van der Waals surface area contributed by atoms with Gasteiger partial charge >= 0.3 is 6.36 Å². The number of anilines is 2. The number of ether oxygens (including phenoxy) is 1. The molecule has 3 aromatic rings. The van der Waals surface area contributed by atoms with Crippen molar-refractivity contribution in [2.75, 3.05) is 11.6 Å². The molecule has 0 spiro atoms. The van der Waals surface area contributed by atoms with Gasteiger partial charge in [-0.1, -0.05) is 20.8 Å². The van der Waals surface area contributed by atoms with E-state index in [0.717, 1.165) is 19.3 Å². The number of imidazole rings is 1. The van der Waals surface area contributed by atoms with Crippen molar-refractivity contribution >= 4 is 32.5 Å². The molecule has 2 aromatic carbocycles. The first-order valence-electron chi connectivity index (χ1n) is 11.1. The molecule has 2 atom stereocenters. The molecular weight excluding hydrogens is 467 g/mol. The van der Waals surface area contributed by atoms with Crippen molar-refractivity contribution in [1.29, 1.82) is 0 Å². The van der Waals surface area contributed by atoms with Crippen molar-refractivity contribution in [3.63, 3.8) is 0 Å². The molecule has 10 heteroatoms. The van der Waals surface area contributed by atoms with E-state index in [0.29, 0.717) is 28.6 Å². The summed E-state index contributed by atoms with van der Waals surface area (Å²) in [5.74, 6) is 0.670. The van der Waals surface area contributed by atoms with Crippen molar-refractivity contribution in [2.24, 2.45) is 11.3 Å². The van der Waals surface area contributed by atoms with Crippen LogP contribution in [0.2, 0.25) is 0 Å². The highest BCUT2D eigenvalue weighted by molar-refractivity contribution is 7.90. The third kappa shape index (κ3) is 5.48. The van der Waals surface area contributed by atoms with E-state index >= 15 is 0 Å². The second-order valence-electron chi connectivity index (χ2n) is 9.99. The van der Waals surface area contributed by atoms with Crippen molar-refractivity contribution in [2.45, 2.75) is 57.3 Å². The van der Waals surface area contributed by atoms with Crippen molar-refractivity contribution in [1.82, 2.24) is 9.55 Å². The van der Waals surface area contributed by atoms with Gasteiger partial charge in [0.1, 0.15) is 5.75 Å². The number of halogens is 3. The summed E-state index contributed by atoms with van der Waals surface area (Å²) >= 11 is 0. The SMILES string of the molecule is C[C@H]1C[C@@H](n2c(Nc3ccc(OC(F)(F)F)cc3)nc3ccc(S(C)(=O)=O)cc32)CC(C)(C)C1. The quantitative estimate of drug-likeness (QED) is 0.439. The number of rotatable bonds is 5. The van der Waals surface area contributed by atoms with Crippen LogP contribution in [0.25, 0.3) is 11.0 Å². The van der Waals surface area contributed by atoms with Crippen LogP contribution in [-0.2, 0) is 9.84 Å². The first-order chi connectivity index (χ1) is 15.7. The highest BCUT2D eigenvalue weighted by atomic mass is 32.2. The highest BCUT2D eigenvalue weighted by Gasteiger charge is 2.35. The second-order valence-corrected chi connectivity index (χ2v) is 12.0.